The van der Waals surface area contributed by atoms with Crippen LogP contribution in [0.5, 0.6) is 0 Å². The van der Waals surface area contributed by atoms with E-state index < -0.39 is 22.7 Å². The SMILES string of the molecule is C[N+]1(OC(=O)C(F)(F)F)CCN(c2ccc(-n3cc4cccc(C(N)=O)c4n3)cc2)CC1. The van der Waals surface area contributed by atoms with Crippen LogP contribution in [0.2, 0.25) is 0 Å². The van der Waals surface area contributed by atoms with Crippen molar-refractivity contribution in [2.75, 3.05) is 38.1 Å². The van der Waals surface area contributed by atoms with Gasteiger partial charge in [-0.1, -0.05) is 12.1 Å². The number of hydroxylamine groups is 3. The van der Waals surface area contributed by atoms with Gasteiger partial charge in [0.15, 0.2) is 0 Å². The summed E-state index contributed by atoms with van der Waals surface area (Å²) < 4.78 is 38.7. The Kier molecular flexibility index (Phi) is 5.29. The summed E-state index contributed by atoms with van der Waals surface area (Å²) in [6.07, 6.45) is -3.21. The number of aromatic nitrogens is 2. The van der Waals surface area contributed by atoms with Gasteiger partial charge < -0.3 is 10.6 Å². The summed E-state index contributed by atoms with van der Waals surface area (Å²) in [6, 6.07) is 12.7. The van der Waals surface area contributed by atoms with Gasteiger partial charge >= 0.3 is 12.1 Å². The molecule has 0 bridgehead atoms. The molecule has 2 aromatic carbocycles. The number of piperazine rings is 1. The number of alkyl halides is 3. The third kappa shape index (κ3) is 4.24. The van der Waals surface area contributed by atoms with Crippen molar-refractivity contribution in [2.45, 2.75) is 6.18 Å². The number of carbonyl (C=O) groups excluding carboxylic acids is 2. The van der Waals surface area contributed by atoms with Crippen LogP contribution in [0.3, 0.4) is 0 Å². The zero-order chi connectivity index (χ0) is 23.1. The highest BCUT2D eigenvalue weighted by Gasteiger charge is 2.47. The lowest BCUT2D eigenvalue weighted by Crippen LogP contribution is -2.59. The molecule has 0 unspecified atom stereocenters. The van der Waals surface area contributed by atoms with E-state index in [1.54, 1.807) is 23.0 Å². The number of benzene rings is 2. The number of hydrogen-bond donors (Lipinski definition) is 1. The number of nitrogens with two attached hydrogens (primary N) is 1. The fourth-order valence-corrected chi connectivity index (χ4v) is 3.68. The third-order valence-electron chi connectivity index (χ3n) is 5.50. The summed E-state index contributed by atoms with van der Waals surface area (Å²) in [4.78, 5) is 29.5. The molecule has 0 aliphatic carbocycles. The Balaban J connectivity index is 1.46. The topological polar surface area (TPSA) is 90.5 Å². The zero-order valence-corrected chi connectivity index (χ0v) is 17.2. The maximum atomic E-state index is 12.5. The summed E-state index contributed by atoms with van der Waals surface area (Å²) in [5.41, 5.74) is 7.94. The smallest absolute Gasteiger partial charge is 0.366 e. The molecule has 0 spiro atoms. The molecule has 1 aliphatic heterocycles. The molecule has 1 aromatic heterocycles. The standard InChI is InChI=1S/C21H20F3N5O3/c1-29(32-20(31)21(22,23)24)11-9-27(10-12-29)15-5-7-16(8-6-15)28-13-14-3-2-4-17(19(25)30)18(14)26-28/h2-8,13H,9-12H2,1H3,(H-,25,30)/p+1. The van der Waals surface area contributed by atoms with Crippen LogP contribution in [-0.2, 0) is 9.63 Å². The first-order valence-electron chi connectivity index (χ1n) is 9.85. The van der Waals surface area contributed by atoms with E-state index >= 15 is 0 Å². The number of fused-ring (bicyclic) bond motifs is 1. The Hall–Kier alpha value is -3.60. The number of anilines is 1. The van der Waals surface area contributed by atoms with Crippen molar-refractivity contribution < 1.29 is 32.2 Å². The summed E-state index contributed by atoms with van der Waals surface area (Å²) in [5, 5.41) is 5.26. The first kappa shape index (κ1) is 21.6. The first-order chi connectivity index (χ1) is 15.1. The summed E-state index contributed by atoms with van der Waals surface area (Å²) >= 11 is 0. The van der Waals surface area contributed by atoms with Crippen LogP contribution in [0.4, 0.5) is 18.9 Å². The van der Waals surface area contributed by atoms with E-state index in [0.29, 0.717) is 24.2 Å². The van der Waals surface area contributed by atoms with Crippen LogP contribution in [0.1, 0.15) is 10.4 Å². The average molecular weight is 448 g/mol. The van der Waals surface area contributed by atoms with E-state index in [1.807, 2.05) is 35.2 Å². The van der Waals surface area contributed by atoms with Gasteiger partial charge in [0.1, 0.15) is 25.7 Å². The number of quaternary nitrogens is 1. The minimum atomic E-state index is -5.01. The largest absolute Gasteiger partial charge is 0.497 e. The van der Waals surface area contributed by atoms with E-state index in [1.165, 1.54) is 7.05 Å². The minimum Gasteiger partial charge on any atom is -0.366 e. The van der Waals surface area contributed by atoms with Crippen molar-refractivity contribution in [1.82, 2.24) is 9.78 Å². The molecule has 1 saturated heterocycles. The Morgan fingerprint density at radius 2 is 1.69 bits per heavy atom. The van der Waals surface area contributed by atoms with E-state index in [9.17, 15) is 22.8 Å². The van der Waals surface area contributed by atoms with E-state index in [2.05, 4.69) is 9.94 Å². The summed E-state index contributed by atoms with van der Waals surface area (Å²) in [5.74, 6) is -2.73. The van der Waals surface area contributed by atoms with Crippen LogP contribution in [-0.4, -0.2) is 65.7 Å². The highest BCUT2D eigenvalue weighted by molar-refractivity contribution is 6.04. The lowest BCUT2D eigenvalue weighted by Gasteiger charge is -2.39. The molecule has 2 heterocycles. The van der Waals surface area contributed by atoms with Gasteiger partial charge in [-0.2, -0.15) is 18.3 Å². The van der Waals surface area contributed by atoms with Crippen molar-refractivity contribution in [3.8, 4) is 5.69 Å². The molecule has 8 nitrogen and oxygen atoms in total. The lowest BCUT2D eigenvalue weighted by atomic mass is 10.1. The molecule has 1 amide bonds. The fourth-order valence-electron chi connectivity index (χ4n) is 3.68. The molecule has 1 aliphatic rings. The van der Waals surface area contributed by atoms with Crippen molar-refractivity contribution >= 4 is 28.5 Å². The number of hydrogen-bond acceptors (Lipinski definition) is 5. The van der Waals surface area contributed by atoms with Crippen molar-refractivity contribution in [3.05, 3.63) is 54.2 Å². The molecule has 2 N–H and O–H groups in total. The highest BCUT2D eigenvalue weighted by atomic mass is 19.4. The molecule has 11 heteroatoms. The Morgan fingerprint density at radius 1 is 1.06 bits per heavy atom. The van der Waals surface area contributed by atoms with Crippen LogP contribution in [0.25, 0.3) is 16.6 Å². The third-order valence-corrected chi connectivity index (χ3v) is 5.50. The molecule has 0 saturated carbocycles. The van der Waals surface area contributed by atoms with E-state index in [0.717, 1.165) is 16.8 Å². The number of carbonyl (C=O) groups is 2. The van der Waals surface area contributed by atoms with Crippen molar-refractivity contribution in [2.24, 2.45) is 5.73 Å². The zero-order valence-electron chi connectivity index (χ0n) is 17.2. The molecule has 4 rings (SSSR count). The molecular formula is C21H21F3N5O3+. The molecule has 168 valence electrons. The number of likely N-dealkylation sites (N-methyl/N-ethyl adjacent to an activating group) is 1. The maximum absolute atomic E-state index is 12.5. The van der Waals surface area contributed by atoms with Gasteiger partial charge in [-0.3, -0.25) is 9.63 Å². The highest BCUT2D eigenvalue weighted by Crippen LogP contribution is 2.25. The Bertz CT molecular complexity index is 1170. The van der Waals surface area contributed by atoms with Gasteiger partial charge in [0.05, 0.1) is 24.3 Å². The van der Waals surface area contributed by atoms with Crippen LogP contribution in [0, 0.1) is 0 Å². The summed E-state index contributed by atoms with van der Waals surface area (Å²) in [6.45, 7) is 1.30. The van der Waals surface area contributed by atoms with Gasteiger partial charge in [-0.25, -0.2) is 9.48 Å². The number of halogens is 3. The lowest BCUT2D eigenvalue weighted by molar-refractivity contribution is -1.08. The van der Waals surface area contributed by atoms with Crippen molar-refractivity contribution in [3.63, 3.8) is 0 Å². The normalized spacial score (nSPS) is 16.2. The predicted octanol–water partition coefficient (Wildman–Crippen LogP) is 2.41. The Morgan fingerprint density at radius 3 is 2.28 bits per heavy atom. The average Bonchev–Trinajstić information content (AvgIpc) is 3.18. The van der Waals surface area contributed by atoms with E-state index in [-0.39, 0.29) is 13.1 Å². The van der Waals surface area contributed by atoms with Crippen LogP contribution < -0.4 is 10.6 Å². The monoisotopic (exact) mass is 448 g/mol. The van der Waals surface area contributed by atoms with E-state index in [4.69, 9.17) is 5.73 Å². The second kappa shape index (κ2) is 7.83. The predicted molar refractivity (Wildman–Crippen MR) is 110 cm³/mol. The maximum Gasteiger partial charge on any atom is 0.497 e. The van der Waals surface area contributed by atoms with Crippen LogP contribution >= 0.6 is 0 Å². The second-order valence-electron chi connectivity index (χ2n) is 7.81. The second-order valence-corrected chi connectivity index (χ2v) is 7.81. The summed E-state index contributed by atoms with van der Waals surface area (Å²) in [7, 11) is 1.47. The number of rotatable bonds is 4. The fraction of sp³-hybridized carbons (Fsp3) is 0.286. The van der Waals surface area contributed by atoms with Gasteiger partial charge in [0.2, 0.25) is 0 Å². The van der Waals surface area contributed by atoms with Gasteiger partial charge in [-0.05, 0) is 30.3 Å². The number of nitrogens with zero attached hydrogens (tertiary/aromatic N) is 4. The minimum absolute atomic E-state index is 0.226. The molecular weight excluding hydrogens is 427 g/mol. The van der Waals surface area contributed by atoms with Gasteiger partial charge in [-0.15, -0.1) is 4.65 Å². The van der Waals surface area contributed by atoms with Gasteiger partial charge in [0, 0.05) is 17.3 Å². The number of amides is 1. The van der Waals surface area contributed by atoms with Gasteiger partial charge in [0.25, 0.3) is 5.91 Å². The molecule has 0 radical (unpaired) electrons. The number of primary amides is 1. The molecule has 32 heavy (non-hydrogen) atoms. The molecule has 3 aromatic rings. The van der Waals surface area contributed by atoms with Crippen molar-refractivity contribution in [1.29, 1.82) is 0 Å². The Labute approximate surface area is 181 Å². The molecule has 1 fully saturated rings. The van der Waals surface area contributed by atoms with Crippen LogP contribution in [0.15, 0.2) is 48.7 Å². The quantitative estimate of drug-likeness (QED) is 0.619. The molecule has 0 atom stereocenters. The first-order valence-corrected chi connectivity index (χ1v) is 9.85.